The lowest BCUT2D eigenvalue weighted by molar-refractivity contribution is 0.669. The van der Waals surface area contributed by atoms with Gasteiger partial charge in [0.15, 0.2) is 0 Å². The topological polar surface area (TPSA) is 13.1 Å². The van der Waals surface area contributed by atoms with Crippen molar-refractivity contribution in [2.45, 2.75) is 0 Å². The van der Waals surface area contributed by atoms with Crippen molar-refractivity contribution in [3.8, 4) is 44.5 Å². The van der Waals surface area contributed by atoms with Crippen LogP contribution in [0.4, 0.5) is 0 Å². The first-order valence-corrected chi connectivity index (χ1v) is 18.3. The van der Waals surface area contributed by atoms with E-state index in [1.54, 1.807) is 0 Å². The molecule has 0 amide bonds. The van der Waals surface area contributed by atoms with E-state index in [2.05, 4.69) is 188 Å². The van der Waals surface area contributed by atoms with Gasteiger partial charge in [0.1, 0.15) is 11.2 Å². The standard InChI is InChI=1S/C52H32O/c1-3-15-33(16-4-1)44-32-38-29-35-19-7-8-20-36(35)30-45(38)50(34-17-5-2-6-18-34)52(44)51-42-24-11-9-22-40(42)49(41-23-10-12-25-43(41)51)37-27-28-48-46(31-37)39-21-13-14-26-47(39)53-48/h1-32H. The van der Waals surface area contributed by atoms with Crippen LogP contribution in [0.3, 0.4) is 0 Å². The Hall–Kier alpha value is -6.96. The first-order valence-electron chi connectivity index (χ1n) is 18.3. The van der Waals surface area contributed by atoms with Crippen LogP contribution in [0.25, 0.3) is 110 Å². The van der Waals surface area contributed by atoms with E-state index >= 15 is 0 Å². The summed E-state index contributed by atoms with van der Waals surface area (Å²) < 4.78 is 6.27. The Labute approximate surface area is 307 Å². The number of hydrogen-bond donors (Lipinski definition) is 0. The SMILES string of the molecule is c1ccc(-c2cc3cc4ccccc4cc3c(-c3ccccc3)c2-c2c3ccccc3c(-c3ccc4oc5ccccc5c4c3)c3ccccc23)cc1. The minimum absolute atomic E-state index is 0.906. The summed E-state index contributed by atoms with van der Waals surface area (Å²) in [5.41, 5.74) is 11.6. The van der Waals surface area contributed by atoms with Crippen molar-refractivity contribution in [2.24, 2.45) is 0 Å². The first kappa shape index (κ1) is 29.7. The average molecular weight is 673 g/mol. The van der Waals surface area contributed by atoms with Crippen molar-refractivity contribution < 1.29 is 4.42 Å². The summed E-state index contributed by atoms with van der Waals surface area (Å²) in [6.45, 7) is 0. The maximum absolute atomic E-state index is 6.27. The van der Waals surface area contributed by atoms with E-state index in [1.807, 2.05) is 6.07 Å². The Morgan fingerprint density at radius 3 is 1.45 bits per heavy atom. The Morgan fingerprint density at radius 1 is 0.245 bits per heavy atom. The summed E-state index contributed by atoms with van der Waals surface area (Å²) in [5, 5.41) is 12.1. The number of benzene rings is 10. The maximum atomic E-state index is 6.27. The molecule has 0 N–H and O–H groups in total. The van der Waals surface area contributed by atoms with Crippen molar-refractivity contribution in [1.82, 2.24) is 0 Å². The number of fused-ring (bicyclic) bond motifs is 7. The van der Waals surface area contributed by atoms with E-state index in [9.17, 15) is 0 Å². The first-order chi connectivity index (χ1) is 26.3. The lowest BCUT2D eigenvalue weighted by Gasteiger charge is -2.24. The second kappa shape index (κ2) is 11.8. The summed E-state index contributed by atoms with van der Waals surface area (Å²) >= 11 is 0. The maximum Gasteiger partial charge on any atom is 0.135 e. The molecule has 11 aromatic rings. The van der Waals surface area contributed by atoms with Gasteiger partial charge in [-0.1, -0.05) is 158 Å². The molecule has 1 heteroatoms. The molecular formula is C52H32O. The summed E-state index contributed by atoms with van der Waals surface area (Å²) in [6, 6.07) is 70.8. The quantitative estimate of drug-likeness (QED) is 0.170. The molecule has 0 radical (unpaired) electrons. The van der Waals surface area contributed by atoms with Crippen LogP contribution < -0.4 is 0 Å². The monoisotopic (exact) mass is 672 g/mol. The van der Waals surface area contributed by atoms with Crippen molar-refractivity contribution in [3.63, 3.8) is 0 Å². The zero-order valence-corrected chi connectivity index (χ0v) is 28.9. The minimum Gasteiger partial charge on any atom is -0.456 e. The molecule has 0 saturated carbocycles. The highest BCUT2D eigenvalue weighted by Gasteiger charge is 2.24. The van der Waals surface area contributed by atoms with Crippen LogP contribution in [0, 0.1) is 0 Å². The van der Waals surface area contributed by atoms with Gasteiger partial charge < -0.3 is 4.42 Å². The normalized spacial score (nSPS) is 11.8. The molecule has 1 heterocycles. The lowest BCUT2D eigenvalue weighted by atomic mass is 9.79. The minimum atomic E-state index is 0.906. The molecule has 53 heavy (non-hydrogen) atoms. The molecule has 1 nitrogen and oxygen atoms in total. The third kappa shape index (κ3) is 4.64. The van der Waals surface area contributed by atoms with Crippen LogP contribution in [0.2, 0.25) is 0 Å². The van der Waals surface area contributed by atoms with Gasteiger partial charge in [0, 0.05) is 10.8 Å². The molecule has 0 unspecified atom stereocenters. The highest BCUT2D eigenvalue weighted by atomic mass is 16.3. The lowest BCUT2D eigenvalue weighted by Crippen LogP contribution is -1.97. The fourth-order valence-electron chi connectivity index (χ4n) is 8.69. The molecule has 0 atom stereocenters. The molecule has 1 aromatic heterocycles. The molecular weight excluding hydrogens is 641 g/mol. The molecule has 0 aliphatic carbocycles. The van der Waals surface area contributed by atoms with Crippen molar-refractivity contribution in [3.05, 3.63) is 194 Å². The second-order valence-corrected chi connectivity index (χ2v) is 14.0. The van der Waals surface area contributed by atoms with E-state index in [-0.39, 0.29) is 0 Å². The Bertz CT molecular complexity index is 3150. The molecule has 0 bridgehead atoms. The van der Waals surface area contributed by atoms with Gasteiger partial charge in [-0.3, -0.25) is 0 Å². The van der Waals surface area contributed by atoms with Crippen LogP contribution in [-0.4, -0.2) is 0 Å². The van der Waals surface area contributed by atoms with E-state index in [0.717, 1.165) is 21.9 Å². The Kier molecular flexibility index (Phi) is 6.62. The van der Waals surface area contributed by atoms with Crippen molar-refractivity contribution in [2.75, 3.05) is 0 Å². The van der Waals surface area contributed by atoms with Crippen LogP contribution >= 0.6 is 0 Å². The van der Waals surface area contributed by atoms with E-state index in [4.69, 9.17) is 4.42 Å². The van der Waals surface area contributed by atoms with E-state index < -0.39 is 0 Å². The van der Waals surface area contributed by atoms with Gasteiger partial charge in [-0.15, -0.1) is 0 Å². The highest BCUT2D eigenvalue weighted by Crippen LogP contribution is 2.52. The fourth-order valence-corrected chi connectivity index (χ4v) is 8.69. The summed E-state index contributed by atoms with van der Waals surface area (Å²) in [4.78, 5) is 0. The molecule has 246 valence electrons. The molecule has 0 spiro atoms. The summed E-state index contributed by atoms with van der Waals surface area (Å²) in [7, 11) is 0. The van der Waals surface area contributed by atoms with Gasteiger partial charge in [0.05, 0.1) is 0 Å². The summed E-state index contributed by atoms with van der Waals surface area (Å²) in [6.07, 6.45) is 0. The van der Waals surface area contributed by atoms with Gasteiger partial charge in [-0.05, 0) is 124 Å². The zero-order valence-electron chi connectivity index (χ0n) is 28.9. The van der Waals surface area contributed by atoms with Crippen LogP contribution in [0.5, 0.6) is 0 Å². The summed E-state index contributed by atoms with van der Waals surface area (Å²) in [5.74, 6) is 0. The van der Waals surface area contributed by atoms with Crippen molar-refractivity contribution in [1.29, 1.82) is 0 Å². The van der Waals surface area contributed by atoms with Gasteiger partial charge in [-0.2, -0.15) is 0 Å². The Morgan fingerprint density at radius 2 is 0.774 bits per heavy atom. The predicted octanol–water partition coefficient (Wildman–Crippen LogP) is 14.9. The third-order valence-corrected chi connectivity index (χ3v) is 11.0. The van der Waals surface area contributed by atoms with Crippen molar-refractivity contribution >= 4 is 65.0 Å². The molecule has 0 saturated heterocycles. The largest absolute Gasteiger partial charge is 0.456 e. The van der Waals surface area contributed by atoms with Gasteiger partial charge in [0.25, 0.3) is 0 Å². The molecule has 10 aromatic carbocycles. The smallest absolute Gasteiger partial charge is 0.135 e. The van der Waals surface area contributed by atoms with Gasteiger partial charge >= 0.3 is 0 Å². The van der Waals surface area contributed by atoms with Crippen LogP contribution in [-0.2, 0) is 0 Å². The molecule has 0 fully saturated rings. The zero-order chi connectivity index (χ0) is 34.9. The van der Waals surface area contributed by atoms with Crippen LogP contribution in [0.15, 0.2) is 199 Å². The highest BCUT2D eigenvalue weighted by molar-refractivity contribution is 6.26. The van der Waals surface area contributed by atoms with E-state index in [1.165, 1.54) is 87.6 Å². The number of furan rings is 1. The Balaban J connectivity index is 1.33. The van der Waals surface area contributed by atoms with Gasteiger partial charge in [-0.25, -0.2) is 0 Å². The van der Waals surface area contributed by atoms with Crippen LogP contribution in [0.1, 0.15) is 0 Å². The number of para-hydroxylation sites is 1. The number of hydrogen-bond acceptors (Lipinski definition) is 1. The fraction of sp³-hybridized carbons (Fsp3) is 0. The second-order valence-electron chi connectivity index (χ2n) is 14.0. The predicted molar refractivity (Wildman–Crippen MR) is 225 cm³/mol. The molecule has 0 aliphatic heterocycles. The third-order valence-electron chi connectivity index (χ3n) is 11.0. The number of rotatable bonds is 4. The van der Waals surface area contributed by atoms with E-state index in [0.29, 0.717) is 0 Å². The molecule has 0 aliphatic rings. The molecule has 11 rings (SSSR count). The average Bonchev–Trinajstić information content (AvgIpc) is 3.60. The van der Waals surface area contributed by atoms with Gasteiger partial charge in [0.2, 0.25) is 0 Å².